The molecule has 0 aromatic carbocycles. The molecular weight excluding hydrogens is 378 g/mol. The van der Waals surface area contributed by atoms with E-state index in [1.54, 1.807) is 5.48 Å². The summed E-state index contributed by atoms with van der Waals surface area (Å²) in [4.78, 5) is 39.1. The molecule has 1 aromatic rings. The van der Waals surface area contributed by atoms with Crippen molar-refractivity contribution in [3.05, 3.63) is 22.7 Å². The first kappa shape index (κ1) is 18.5. The van der Waals surface area contributed by atoms with E-state index in [2.05, 4.69) is 4.98 Å². The van der Waals surface area contributed by atoms with Gasteiger partial charge in [0.05, 0.1) is 0 Å². The van der Waals surface area contributed by atoms with Crippen LogP contribution in [0.2, 0.25) is 0 Å². The van der Waals surface area contributed by atoms with Crippen LogP contribution in [0.3, 0.4) is 0 Å². The maximum absolute atomic E-state index is 12.1. The third-order valence-electron chi connectivity index (χ3n) is 4.98. The summed E-state index contributed by atoms with van der Waals surface area (Å²) in [5, 5.41) is 8.82. The van der Waals surface area contributed by atoms with Gasteiger partial charge in [-0.05, 0) is 18.9 Å². The van der Waals surface area contributed by atoms with Crippen LogP contribution in [0.1, 0.15) is 26.0 Å². The van der Waals surface area contributed by atoms with Crippen LogP contribution in [-0.4, -0.2) is 58.6 Å². The van der Waals surface area contributed by atoms with Crippen LogP contribution in [0.5, 0.6) is 0 Å². The van der Waals surface area contributed by atoms with E-state index in [4.69, 9.17) is 28.9 Å². The molecule has 3 heterocycles. The molecule has 0 amide bonds. The summed E-state index contributed by atoms with van der Waals surface area (Å²) in [7, 11) is 0. The second-order valence-corrected chi connectivity index (χ2v) is 7.25. The Morgan fingerprint density at radius 2 is 2.11 bits per heavy atom. The number of ether oxygens (including phenoxy) is 5. The fourth-order valence-corrected chi connectivity index (χ4v) is 3.04. The van der Waals surface area contributed by atoms with E-state index >= 15 is 0 Å². The lowest BCUT2D eigenvalue weighted by molar-refractivity contribution is -0.0810. The number of carbonyl (C=O) groups excluding carboxylic acids is 2. The lowest BCUT2D eigenvalue weighted by atomic mass is 10.1. The van der Waals surface area contributed by atoms with Crippen LogP contribution in [0.15, 0.2) is 17.1 Å². The minimum atomic E-state index is -1.03. The number of aromatic nitrogens is 2. The normalized spacial score (nSPS) is 29.4. The largest absolute Gasteiger partial charge is 0.509 e. The van der Waals surface area contributed by atoms with Crippen molar-refractivity contribution in [1.82, 2.24) is 9.55 Å². The van der Waals surface area contributed by atoms with Gasteiger partial charge in [0.25, 0.3) is 0 Å². The molecule has 2 saturated heterocycles. The van der Waals surface area contributed by atoms with Crippen molar-refractivity contribution in [2.45, 2.75) is 44.3 Å². The molecule has 0 radical (unpaired) electrons. The molecule has 3 fully saturated rings. The molecule has 12 heteroatoms. The van der Waals surface area contributed by atoms with Crippen molar-refractivity contribution in [3.63, 3.8) is 0 Å². The molecule has 0 bridgehead atoms. The minimum absolute atomic E-state index is 0.0254. The third kappa shape index (κ3) is 3.60. The van der Waals surface area contributed by atoms with Crippen LogP contribution in [-0.2, 0) is 23.7 Å². The van der Waals surface area contributed by atoms with E-state index in [9.17, 15) is 14.4 Å². The van der Waals surface area contributed by atoms with Gasteiger partial charge in [-0.3, -0.25) is 15.3 Å². The maximum Gasteiger partial charge on any atom is 0.509 e. The molecule has 0 spiro atoms. The zero-order valence-electron chi connectivity index (χ0n) is 14.9. The molecule has 152 valence electrons. The number of nitrogens with zero attached hydrogens (tertiary/aromatic N) is 2. The van der Waals surface area contributed by atoms with Crippen molar-refractivity contribution < 1.29 is 38.5 Å². The fraction of sp³-hybridized carbons (Fsp3) is 0.625. The molecule has 12 nitrogen and oxygen atoms in total. The lowest BCUT2D eigenvalue weighted by Gasteiger charge is -2.18. The summed E-state index contributed by atoms with van der Waals surface area (Å²) in [5.41, 5.74) is 1.04. The predicted octanol–water partition coefficient (Wildman–Crippen LogP) is 0.799. The van der Waals surface area contributed by atoms with E-state index in [0.29, 0.717) is 0 Å². The Balaban J connectivity index is 1.42. The summed E-state index contributed by atoms with van der Waals surface area (Å²) < 4.78 is 27.1. The second-order valence-electron chi connectivity index (χ2n) is 7.25. The van der Waals surface area contributed by atoms with E-state index in [0.717, 1.165) is 17.4 Å². The highest BCUT2D eigenvalue weighted by molar-refractivity contribution is 5.63. The van der Waals surface area contributed by atoms with Gasteiger partial charge in [0, 0.05) is 11.6 Å². The first-order valence-corrected chi connectivity index (χ1v) is 8.70. The zero-order chi connectivity index (χ0) is 19.9. The average molecular weight is 397 g/mol. The second kappa shape index (κ2) is 6.95. The Bertz CT molecular complexity index is 837. The van der Waals surface area contributed by atoms with E-state index in [1.165, 1.54) is 12.3 Å². The monoisotopic (exact) mass is 397 g/mol. The zero-order valence-corrected chi connectivity index (χ0v) is 14.9. The Labute approximate surface area is 158 Å². The van der Waals surface area contributed by atoms with Gasteiger partial charge in [0.15, 0.2) is 24.3 Å². The van der Waals surface area contributed by atoms with Gasteiger partial charge in [-0.15, -0.1) is 0 Å². The molecule has 1 aromatic heterocycles. The average Bonchev–Trinajstić information content (AvgIpc) is 3.15. The van der Waals surface area contributed by atoms with Crippen LogP contribution in [0.4, 0.5) is 15.4 Å². The first-order chi connectivity index (χ1) is 13.4. The summed E-state index contributed by atoms with van der Waals surface area (Å²) in [5.74, 6) is -0.0533. The minimum Gasteiger partial charge on any atom is -0.434 e. The Kier molecular flexibility index (Phi) is 4.59. The molecular formula is C16H19N3O9. The van der Waals surface area contributed by atoms with Gasteiger partial charge < -0.3 is 23.7 Å². The Morgan fingerprint density at radius 1 is 1.36 bits per heavy atom. The summed E-state index contributed by atoms with van der Waals surface area (Å²) >= 11 is 0. The van der Waals surface area contributed by atoms with Crippen molar-refractivity contribution in [2.24, 2.45) is 5.41 Å². The molecule has 28 heavy (non-hydrogen) atoms. The van der Waals surface area contributed by atoms with Gasteiger partial charge in [-0.1, -0.05) is 6.92 Å². The van der Waals surface area contributed by atoms with Crippen molar-refractivity contribution in [2.75, 3.05) is 18.7 Å². The molecule has 1 saturated carbocycles. The van der Waals surface area contributed by atoms with Crippen molar-refractivity contribution >= 4 is 18.1 Å². The summed E-state index contributed by atoms with van der Waals surface area (Å²) in [6.45, 7) is 2.03. The van der Waals surface area contributed by atoms with Crippen molar-refractivity contribution in [1.29, 1.82) is 0 Å². The topological polar surface area (TPSA) is 147 Å². The number of anilines is 1. The third-order valence-corrected chi connectivity index (χ3v) is 4.98. The highest BCUT2D eigenvalue weighted by Crippen LogP contribution is 2.45. The predicted molar refractivity (Wildman–Crippen MR) is 87.6 cm³/mol. The highest BCUT2D eigenvalue weighted by Gasteiger charge is 2.55. The number of carbonyl (C=O) groups is 2. The van der Waals surface area contributed by atoms with Gasteiger partial charge in [0.2, 0.25) is 0 Å². The summed E-state index contributed by atoms with van der Waals surface area (Å²) in [6.07, 6.45) is -2.12. The first-order valence-electron chi connectivity index (χ1n) is 8.70. The molecule has 1 aliphatic carbocycles. The smallest absolute Gasteiger partial charge is 0.434 e. The lowest BCUT2D eigenvalue weighted by Crippen LogP contribution is -2.34. The number of hydrogen-bond acceptors (Lipinski definition) is 11. The van der Waals surface area contributed by atoms with Gasteiger partial charge in [0.1, 0.15) is 19.3 Å². The molecule has 2 N–H and O–H groups in total. The number of fused-ring (bicyclic) bond motifs is 1. The Morgan fingerprint density at radius 3 is 2.79 bits per heavy atom. The highest BCUT2D eigenvalue weighted by atomic mass is 16.8. The molecule has 0 unspecified atom stereocenters. The Hall–Kier alpha value is -2.86. The maximum atomic E-state index is 12.1. The van der Waals surface area contributed by atoms with Crippen LogP contribution < -0.4 is 11.2 Å². The van der Waals surface area contributed by atoms with Gasteiger partial charge in [-0.25, -0.2) is 14.4 Å². The van der Waals surface area contributed by atoms with E-state index in [1.807, 2.05) is 6.92 Å². The van der Waals surface area contributed by atoms with Crippen LogP contribution in [0.25, 0.3) is 0 Å². The van der Waals surface area contributed by atoms with Crippen molar-refractivity contribution in [3.8, 4) is 0 Å². The standard InChI is InChI=1S/C16H19N3O9/c1-16(3-4-16)7-25-14(21)24-6-8-10-11(28-15(22)27-10)12(26-8)19-5-2-9(18-23)17-13(19)20/h2,5,8,10-12,23H,3-4,6-7H2,1H3,(H,17,18,20)/t8-,10-,11-,12-/m1/s1. The number of nitrogens with one attached hydrogen (secondary N) is 1. The number of rotatable bonds is 6. The SMILES string of the molecule is CC1(COC(=O)OC[C@H]2O[C@@H](n3ccc(NO)nc3=O)[C@@H]3OC(=O)O[C@@H]32)CC1. The molecule has 2 aliphatic heterocycles. The van der Waals surface area contributed by atoms with Gasteiger partial charge >= 0.3 is 18.0 Å². The van der Waals surface area contributed by atoms with E-state index < -0.39 is 42.5 Å². The quantitative estimate of drug-likeness (QED) is 0.519. The van der Waals surface area contributed by atoms with Gasteiger partial charge in [-0.2, -0.15) is 4.98 Å². The van der Waals surface area contributed by atoms with Crippen LogP contribution in [0, 0.1) is 5.41 Å². The molecule has 4 rings (SSSR count). The fourth-order valence-electron chi connectivity index (χ4n) is 3.04. The molecule has 3 aliphatic rings. The number of hydrogen-bond donors (Lipinski definition) is 2. The summed E-state index contributed by atoms with van der Waals surface area (Å²) in [6, 6.07) is 1.33. The van der Waals surface area contributed by atoms with Crippen LogP contribution >= 0.6 is 0 Å². The molecule has 4 atom stereocenters. The van der Waals surface area contributed by atoms with E-state index in [-0.39, 0.29) is 24.4 Å².